The normalized spacial score (nSPS) is 11.2. The van der Waals surface area contributed by atoms with Crippen molar-refractivity contribution in [2.24, 2.45) is 0 Å². The number of nitrogens with one attached hydrogen (secondary N) is 2. The fourth-order valence-corrected chi connectivity index (χ4v) is 2.60. The average molecular weight is 315 g/mol. The molecule has 1 aromatic carbocycles. The quantitative estimate of drug-likeness (QED) is 0.784. The summed E-state index contributed by atoms with van der Waals surface area (Å²) < 4.78 is 52.3. The van der Waals surface area contributed by atoms with Gasteiger partial charge in [-0.2, -0.15) is 0 Å². The molecule has 4 nitrogen and oxygen atoms in total. The molecule has 0 atom stereocenters. The summed E-state index contributed by atoms with van der Waals surface area (Å²) in [5.41, 5.74) is 0.0898. The fraction of sp³-hybridized carbons (Fsp3) is 0.455. The minimum atomic E-state index is -3.93. The van der Waals surface area contributed by atoms with Crippen molar-refractivity contribution in [3.8, 4) is 0 Å². The van der Waals surface area contributed by atoms with E-state index in [9.17, 15) is 17.2 Å². The minimum Gasteiger partial charge on any atom is -0.320 e. The minimum absolute atomic E-state index is 0. The van der Waals surface area contributed by atoms with Crippen LogP contribution < -0.4 is 10.0 Å². The van der Waals surface area contributed by atoms with Crippen LogP contribution >= 0.6 is 12.4 Å². The molecule has 19 heavy (non-hydrogen) atoms. The highest BCUT2D eigenvalue weighted by molar-refractivity contribution is 7.89. The first-order valence-corrected chi connectivity index (χ1v) is 6.96. The van der Waals surface area contributed by atoms with Crippen LogP contribution in [0.2, 0.25) is 0 Å². The predicted molar refractivity (Wildman–Crippen MR) is 72.1 cm³/mol. The molecular weight excluding hydrogens is 298 g/mol. The van der Waals surface area contributed by atoms with E-state index in [1.165, 1.54) is 6.92 Å². The van der Waals surface area contributed by atoms with Gasteiger partial charge < -0.3 is 5.32 Å². The summed E-state index contributed by atoms with van der Waals surface area (Å²) in [5, 5.41) is 2.86. The van der Waals surface area contributed by atoms with E-state index in [1.807, 2.05) is 0 Å². The van der Waals surface area contributed by atoms with E-state index in [0.29, 0.717) is 19.0 Å². The molecule has 0 bridgehead atoms. The second-order valence-corrected chi connectivity index (χ2v) is 5.62. The van der Waals surface area contributed by atoms with Crippen LogP contribution in [0.15, 0.2) is 17.0 Å². The largest absolute Gasteiger partial charge is 0.320 e. The molecule has 0 heterocycles. The highest BCUT2D eigenvalue weighted by atomic mass is 35.5. The van der Waals surface area contributed by atoms with Crippen molar-refractivity contribution in [3.05, 3.63) is 29.3 Å². The molecule has 1 rings (SSSR count). The zero-order valence-corrected chi connectivity index (χ0v) is 12.3. The van der Waals surface area contributed by atoms with Gasteiger partial charge in [-0.15, -0.1) is 12.4 Å². The lowest BCUT2D eigenvalue weighted by atomic mass is 10.2. The summed E-state index contributed by atoms with van der Waals surface area (Å²) in [6, 6.07) is 1.57. The molecule has 0 aliphatic carbocycles. The van der Waals surface area contributed by atoms with Crippen molar-refractivity contribution >= 4 is 22.4 Å². The molecule has 110 valence electrons. The van der Waals surface area contributed by atoms with Crippen molar-refractivity contribution in [1.29, 1.82) is 0 Å². The second-order valence-electron chi connectivity index (χ2n) is 3.89. The van der Waals surface area contributed by atoms with E-state index in [2.05, 4.69) is 10.0 Å². The Kier molecular flexibility index (Phi) is 7.43. The van der Waals surface area contributed by atoms with Crippen molar-refractivity contribution < 1.29 is 17.2 Å². The third-order valence-corrected chi connectivity index (χ3v) is 3.87. The maximum Gasteiger partial charge on any atom is 0.243 e. The van der Waals surface area contributed by atoms with Gasteiger partial charge in [0.05, 0.1) is 0 Å². The van der Waals surface area contributed by atoms with E-state index >= 15 is 0 Å². The third kappa shape index (κ3) is 5.02. The van der Waals surface area contributed by atoms with Crippen LogP contribution in [0.3, 0.4) is 0 Å². The molecule has 0 saturated heterocycles. The summed E-state index contributed by atoms with van der Waals surface area (Å²) >= 11 is 0. The topological polar surface area (TPSA) is 58.2 Å². The van der Waals surface area contributed by atoms with E-state index in [1.54, 1.807) is 7.05 Å². The predicted octanol–water partition coefficient (Wildman–Crippen LogP) is 1.58. The molecule has 0 aliphatic heterocycles. The standard InChI is InChI=1S/C11H16F2N2O2S.ClH/c1-8-6-11(10(13)7-9(8)12)18(16,17)15-5-3-4-14-2;/h6-7,14-15H,3-5H2,1-2H3;1H. The summed E-state index contributed by atoms with van der Waals surface area (Å²) in [6.07, 6.45) is 0.581. The first kappa shape index (κ1) is 18.2. The van der Waals surface area contributed by atoms with E-state index in [-0.39, 0.29) is 24.5 Å². The number of rotatable bonds is 6. The summed E-state index contributed by atoms with van der Waals surface area (Å²) in [6.45, 7) is 2.22. The Morgan fingerprint density at radius 2 is 1.79 bits per heavy atom. The Hall–Kier alpha value is -0.760. The molecule has 0 aliphatic rings. The Labute approximate surface area is 118 Å². The van der Waals surface area contributed by atoms with Gasteiger partial charge in [-0.3, -0.25) is 0 Å². The third-order valence-electron chi connectivity index (χ3n) is 2.40. The molecule has 8 heteroatoms. The molecule has 2 N–H and O–H groups in total. The SMILES string of the molecule is CNCCCNS(=O)(=O)c1cc(C)c(F)cc1F.Cl. The van der Waals surface area contributed by atoms with E-state index < -0.39 is 26.6 Å². The zero-order chi connectivity index (χ0) is 13.8. The van der Waals surface area contributed by atoms with Gasteiger partial charge in [0.2, 0.25) is 10.0 Å². The molecule has 0 fully saturated rings. The number of sulfonamides is 1. The highest BCUT2D eigenvalue weighted by Gasteiger charge is 2.20. The average Bonchev–Trinajstić information content (AvgIpc) is 2.29. The van der Waals surface area contributed by atoms with Crippen LogP contribution in [0.5, 0.6) is 0 Å². The lowest BCUT2D eigenvalue weighted by Gasteiger charge is -2.08. The van der Waals surface area contributed by atoms with Gasteiger partial charge in [0.1, 0.15) is 16.5 Å². The lowest BCUT2D eigenvalue weighted by molar-refractivity contribution is 0.539. The van der Waals surface area contributed by atoms with Crippen molar-refractivity contribution in [1.82, 2.24) is 10.0 Å². The van der Waals surface area contributed by atoms with Crippen molar-refractivity contribution in [2.75, 3.05) is 20.1 Å². The maximum atomic E-state index is 13.4. The molecule has 0 saturated carbocycles. The van der Waals surface area contributed by atoms with Crippen molar-refractivity contribution in [3.63, 3.8) is 0 Å². The number of halogens is 3. The van der Waals surface area contributed by atoms with Crippen LogP contribution in [0.25, 0.3) is 0 Å². The lowest BCUT2D eigenvalue weighted by Crippen LogP contribution is -2.27. The molecule has 0 radical (unpaired) electrons. The van der Waals surface area contributed by atoms with Crippen LogP contribution in [0.1, 0.15) is 12.0 Å². The molecule has 0 amide bonds. The zero-order valence-electron chi connectivity index (χ0n) is 10.7. The Bertz CT molecular complexity index is 524. The molecule has 0 unspecified atom stereocenters. The molecular formula is C11H17ClF2N2O2S. The molecule has 1 aromatic rings. The van der Waals surface area contributed by atoms with Gasteiger partial charge in [0.15, 0.2) is 0 Å². The van der Waals surface area contributed by atoms with Gasteiger partial charge in [-0.1, -0.05) is 0 Å². The van der Waals surface area contributed by atoms with Crippen LogP contribution in [-0.4, -0.2) is 28.6 Å². The van der Waals surface area contributed by atoms with Crippen LogP contribution in [0, 0.1) is 18.6 Å². The summed E-state index contributed by atoms with van der Waals surface area (Å²) in [5.74, 6) is -1.85. The van der Waals surface area contributed by atoms with Crippen LogP contribution in [-0.2, 0) is 10.0 Å². The van der Waals surface area contributed by atoms with Gasteiger partial charge >= 0.3 is 0 Å². The smallest absolute Gasteiger partial charge is 0.243 e. The summed E-state index contributed by atoms with van der Waals surface area (Å²) in [4.78, 5) is -0.522. The van der Waals surface area contributed by atoms with Crippen molar-refractivity contribution in [2.45, 2.75) is 18.2 Å². The van der Waals surface area contributed by atoms with Gasteiger partial charge in [-0.05, 0) is 38.6 Å². The first-order chi connectivity index (χ1) is 8.38. The highest BCUT2D eigenvalue weighted by Crippen LogP contribution is 2.18. The van der Waals surface area contributed by atoms with E-state index in [0.717, 1.165) is 6.07 Å². The number of aryl methyl sites for hydroxylation is 1. The first-order valence-electron chi connectivity index (χ1n) is 5.48. The maximum absolute atomic E-state index is 13.4. The Morgan fingerprint density at radius 1 is 1.16 bits per heavy atom. The monoisotopic (exact) mass is 314 g/mol. The second kappa shape index (κ2) is 7.74. The van der Waals surface area contributed by atoms with Crippen LogP contribution in [0.4, 0.5) is 8.78 Å². The Morgan fingerprint density at radius 3 is 2.37 bits per heavy atom. The van der Waals surface area contributed by atoms with E-state index in [4.69, 9.17) is 0 Å². The summed E-state index contributed by atoms with van der Waals surface area (Å²) in [7, 11) is -2.18. The van der Waals surface area contributed by atoms with Gasteiger partial charge in [0, 0.05) is 12.6 Å². The Balaban J connectivity index is 0.00000324. The molecule has 0 aromatic heterocycles. The van der Waals surface area contributed by atoms with Gasteiger partial charge in [0.25, 0.3) is 0 Å². The molecule has 0 spiro atoms. The number of hydrogen-bond acceptors (Lipinski definition) is 3. The number of hydrogen-bond donors (Lipinski definition) is 2. The fourth-order valence-electron chi connectivity index (χ4n) is 1.39. The van der Waals surface area contributed by atoms with Gasteiger partial charge in [-0.25, -0.2) is 21.9 Å². The number of benzene rings is 1.